The Morgan fingerprint density at radius 1 is 1.15 bits per heavy atom. The third kappa shape index (κ3) is 6.87. The molecule has 2 aliphatic rings. The summed E-state index contributed by atoms with van der Waals surface area (Å²) in [4.78, 5) is 34.0. The predicted octanol–water partition coefficient (Wildman–Crippen LogP) is 4.41. The Hall–Kier alpha value is -4.04. The van der Waals surface area contributed by atoms with Gasteiger partial charge in [0.25, 0.3) is 5.91 Å². The molecule has 1 saturated carbocycles. The summed E-state index contributed by atoms with van der Waals surface area (Å²) in [5, 5.41) is 12.4. The number of carbonyl (C=O) groups is 1. The molecule has 46 heavy (non-hydrogen) atoms. The average molecular weight is 649 g/mol. The number of piperidine rings is 1. The van der Waals surface area contributed by atoms with Crippen LogP contribution >= 0.6 is 11.3 Å². The molecule has 1 aliphatic carbocycles. The van der Waals surface area contributed by atoms with Gasteiger partial charge in [-0.15, -0.1) is 11.3 Å². The molecule has 13 nitrogen and oxygen atoms in total. The summed E-state index contributed by atoms with van der Waals surface area (Å²) < 4.78 is 13.4. The van der Waals surface area contributed by atoms with Gasteiger partial charge in [-0.2, -0.15) is 10.1 Å². The van der Waals surface area contributed by atoms with Crippen molar-refractivity contribution in [2.45, 2.75) is 96.4 Å². The van der Waals surface area contributed by atoms with E-state index >= 15 is 0 Å². The van der Waals surface area contributed by atoms with Gasteiger partial charge in [-0.25, -0.2) is 19.5 Å². The highest BCUT2D eigenvalue weighted by Gasteiger charge is 2.31. The Balaban J connectivity index is 1.15. The summed E-state index contributed by atoms with van der Waals surface area (Å²) in [7, 11) is 1.53. The quantitative estimate of drug-likeness (QED) is 0.224. The zero-order valence-electron chi connectivity index (χ0n) is 27.2. The minimum Gasteiger partial charge on any atom is -0.473 e. The molecule has 14 heteroatoms. The monoisotopic (exact) mass is 648 g/mol. The van der Waals surface area contributed by atoms with E-state index in [1.165, 1.54) is 24.8 Å². The van der Waals surface area contributed by atoms with E-state index in [1.807, 2.05) is 13.0 Å². The predicted molar refractivity (Wildman–Crippen MR) is 179 cm³/mol. The molecule has 0 radical (unpaired) electrons. The third-order valence-electron chi connectivity index (χ3n) is 9.08. The maximum Gasteiger partial charge on any atom is 0.316 e. The highest BCUT2D eigenvalue weighted by atomic mass is 32.1. The highest BCUT2D eigenvalue weighted by Crippen LogP contribution is 2.35. The van der Waals surface area contributed by atoms with Gasteiger partial charge in [-0.3, -0.25) is 4.79 Å². The van der Waals surface area contributed by atoms with Crippen molar-refractivity contribution in [1.29, 1.82) is 0 Å². The summed E-state index contributed by atoms with van der Waals surface area (Å²) in [6.45, 7) is 10.0. The summed E-state index contributed by atoms with van der Waals surface area (Å²) in [6, 6.07) is 4.49. The van der Waals surface area contributed by atoms with Crippen LogP contribution < -0.4 is 30.7 Å². The lowest BCUT2D eigenvalue weighted by Crippen LogP contribution is -2.48. The second-order valence-corrected chi connectivity index (χ2v) is 14.1. The number of methoxy groups -OCH3 is 1. The molecule has 4 N–H and O–H groups in total. The van der Waals surface area contributed by atoms with E-state index in [0.717, 1.165) is 67.9 Å². The Kier molecular flexibility index (Phi) is 9.27. The van der Waals surface area contributed by atoms with Gasteiger partial charge in [0.15, 0.2) is 10.7 Å². The number of fused-ring (bicyclic) bond motifs is 1. The fraction of sp³-hybridized carbons (Fsp3) is 0.562. The van der Waals surface area contributed by atoms with Crippen molar-refractivity contribution in [2.24, 2.45) is 0 Å². The first-order valence-electron chi connectivity index (χ1n) is 16.1. The van der Waals surface area contributed by atoms with Crippen LogP contribution in [-0.2, 0) is 0 Å². The number of aryl methyl sites for hydroxylation is 1. The van der Waals surface area contributed by atoms with Crippen molar-refractivity contribution in [2.75, 3.05) is 30.8 Å². The van der Waals surface area contributed by atoms with Crippen LogP contribution in [0.25, 0.3) is 16.9 Å². The maximum absolute atomic E-state index is 13.7. The normalized spacial score (nSPS) is 20.5. The number of hydrogen-bond donors (Lipinski definition) is 3. The standard InChI is InChI=1S/C32H44N10O3S/c1-6-32(3,4)40-20-9-11-22(12-10-20)45-30-27(46-19(2)37-30)29(43)38-21-8-7-15-41(17-21)25-16-24(23-13-14-34-31(39-23)44-5)42-26(25)28(33)35-18-36-42/h13-14,16,18,20-22,40H,6-12,15,17H2,1-5H3,(H,38,43)(H2,33,35,36)/t20?,21-,22?/m1/s1. The van der Waals surface area contributed by atoms with Gasteiger partial charge in [0, 0.05) is 36.9 Å². The number of nitrogens with one attached hydrogen (secondary N) is 2. The van der Waals surface area contributed by atoms with E-state index < -0.39 is 0 Å². The lowest BCUT2D eigenvalue weighted by molar-refractivity contribution is 0.0919. The number of aromatic nitrogens is 6. The molecule has 6 rings (SSSR count). The second kappa shape index (κ2) is 13.4. The van der Waals surface area contributed by atoms with Gasteiger partial charge >= 0.3 is 6.01 Å². The molecule has 0 spiro atoms. The van der Waals surface area contributed by atoms with Crippen LogP contribution in [0.15, 0.2) is 24.7 Å². The van der Waals surface area contributed by atoms with Gasteiger partial charge in [0.1, 0.15) is 17.9 Å². The summed E-state index contributed by atoms with van der Waals surface area (Å²) in [6.07, 6.45) is 9.94. The largest absolute Gasteiger partial charge is 0.473 e. The Morgan fingerprint density at radius 2 is 1.96 bits per heavy atom. The van der Waals surface area contributed by atoms with E-state index in [4.69, 9.17) is 15.2 Å². The number of thiazole rings is 1. The number of rotatable bonds is 10. The molecule has 4 aromatic heterocycles. The minimum atomic E-state index is -0.147. The van der Waals surface area contributed by atoms with Crippen molar-refractivity contribution < 1.29 is 14.3 Å². The maximum atomic E-state index is 13.7. The highest BCUT2D eigenvalue weighted by molar-refractivity contribution is 7.13. The average Bonchev–Trinajstić information content (AvgIpc) is 3.63. The number of carbonyl (C=O) groups excluding carboxylic acids is 1. The van der Waals surface area contributed by atoms with Crippen LogP contribution in [0.1, 0.15) is 80.4 Å². The molecule has 0 unspecified atom stereocenters. The van der Waals surface area contributed by atoms with Crippen LogP contribution in [0.3, 0.4) is 0 Å². The number of anilines is 2. The summed E-state index contributed by atoms with van der Waals surface area (Å²) in [5.41, 5.74) is 9.49. The topological polar surface area (TPSA) is 158 Å². The zero-order chi connectivity index (χ0) is 32.4. The zero-order valence-corrected chi connectivity index (χ0v) is 28.1. The molecule has 0 bridgehead atoms. The van der Waals surface area contributed by atoms with Crippen molar-refractivity contribution in [1.82, 2.24) is 40.2 Å². The molecule has 1 saturated heterocycles. The molecule has 1 amide bonds. The van der Waals surface area contributed by atoms with Crippen molar-refractivity contribution in [3.8, 4) is 23.3 Å². The second-order valence-electron chi connectivity index (χ2n) is 12.8. The fourth-order valence-electron chi connectivity index (χ4n) is 6.39. The molecule has 1 aliphatic heterocycles. The number of nitrogens with zero attached hydrogens (tertiary/aromatic N) is 7. The Labute approximate surface area is 273 Å². The molecule has 0 aromatic carbocycles. The lowest BCUT2D eigenvalue weighted by Gasteiger charge is -2.35. The van der Waals surface area contributed by atoms with Gasteiger partial charge < -0.3 is 30.7 Å². The van der Waals surface area contributed by atoms with Crippen LogP contribution in [-0.4, -0.2) is 79.4 Å². The van der Waals surface area contributed by atoms with Crippen LogP contribution in [0.4, 0.5) is 11.5 Å². The van der Waals surface area contributed by atoms with Gasteiger partial charge in [0.05, 0.1) is 29.2 Å². The first-order valence-corrected chi connectivity index (χ1v) is 16.9. The van der Waals surface area contributed by atoms with E-state index in [0.29, 0.717) is 40.4 Å². The van der Waals surface area contributed by atoms with E-state index in [9.17, 15) is 4.79 Å². The number of ether oxygens (including phenoxy) is 2. The Bertz CT molecular complexity index is 1680. The van der Waals surface area contributed by atoms with Crippen molar-refractivity contribution >= 4 is 34.3 Å². The van der Waals surface area contributed by atoms with Gasteiger partial charge in [-0.05, 0) is 77.8 Å². The smallest absolute Gasteiger partial charge is 0.316 e. The molecule has 246 valence electrons. The number of nitrogen functional groups attached to an aromatic ring is 1. The lowest BCUT2D eigenvalue weighted by atomic mass is 9.90. The molecular formula is C32H44N10O3S. The number of amides is 1. The van der Waals surface area contributed by atoms with E-state index in [1.54, 1.807) is 16.8 Å². The van der Waals surface area contributed by atoms with Crippen LogP contribution in [0.5, 0.6) is 11.9 Å². The molecule has 4 aromatic rings. The fourth-order valence-corrected chi connectivity index (χ4v) is 7.14. The molecule has 2 fully saturated rings. The number of hydrogen-bond acceptors (Lipinski definition) is 12. The minimum absolute atomic E-state index is 0.0564. The van der Waals surface area contributed by atoms with Crippen molar-refractivity contribution in [3.63, 3.8) is 0 Å². The summed E-state index contributed by atoms with van der Waals surface area (Å²) in [5.74, 6) is 0.668. The summed E-state index contributed by atoms with van der Waals surface area (Å²) >= 11 is 1.38. The van der Waals surface area contributed by atoms with E-state index in [2.05, 4.69) is 61.3 Å². The molecule has 1 atom stereocenters. The molecule has 5 heterocycles. The van der Waals surface area contributed by atoms with Crippen LogP contribution in [0.2, 0.25) is 0 Å². The third-order valence-corrected chi connectivity index (χ3v) is 10.0. The van der Waals surface area contributed by atoms with Gasteiger partial charge in [-0.1, -0.05) is 6.92 Å². The van der Waals surface area contributed by atoms with Crippen LogP contribution in [0, 0.1) is 6.92 Å². The first kappa shape index (κ1) is 31.9. The number of nitrogens with two attached hydrogens (primary N) is 1. The molecular weight excluding hydrogens is 604 g/mol. The van der Waals surface area contributed by atoms with Gasteiger partial charge in [0.2, 0.25) is 5.88 Å². The van der Waals surface area contributed by atoms with Crippen molar-refractivity contribution in [3.05, 3.63) is 34.5 Å². The van der Waals surface area contributed by atoms with E-state index in [-0.39, 0.29) is 29.6 Å². The Morgan fingerprint density at radius 3 is 2.72 bits per heavy atom. The SMILES string of the molecule is CCC(C)(C)NC1CCC(Oc2nc(C)sc2C(=O)N[C@@H]2CCCN(c3cc(-c4ccnc(OC)n4)n4ncnc(N)c34)C2)CC1. The first-order chi connectivity index (χ1) is 22.1.